The molecular formula is C17H22FN5O. The number of nitrogens with zero attached hydrogens (tertiary/aromatic N) is 5. The molecule has 4 rings (SSSR count). The Kier molecular flexibility index (Phi) is 3.85. The van der Waals surface area contributed by atoms with E-state index in [0.717, 1.165) is 37.3 Å². The number of halogens is 1. The largest absolute Gasteiger partial charge is 0.385 e. The average molecular weight is 331 g/mol. The van der Waals surface area contributed by atoms with E-state index < -0.39 is 5.60 Å². The SMILES string of the molecule is CC1CN(Cc2nnnn2C2CC2)CCC1(O)c1ccc(F)cc1. The number of likely N-dealkylation sites (tertiary alicyclic amines) is 1. The van der Waals surface area contributed by atoms with Gasteiger partial charge in [0.2, 0.25) is 0 Å². The molecule has 7 heteroatoms. The van der Waals surface area contributed by atoms with Gasteiger partial charge in [0, 0.05) is 19.0 Å². The van der Waals surface area contributed by atoms with Crippen molar-refractivity contribution in [3.63, 3.8) is 0 Å². The molecule has 1 aromatic heterocycles. The van der Waals surface area contributed by atoms with Crippen LogP contribution in [-0.4, -0.2) is 43.3 Å². The molecule has 24 heavy (non-hydrogen) atoms. The van der Waals surface area contributed by atoms with Crippen molar-refractivity contribution in [2.45, 2.75) is 44.4 Å². The lowest BCUT2D eigenvalue weighted by atomic mass is 9.77. The maximum atomic E-state index is 13.1. The van der Waals surface area contributed by atoms with Gasteiger partial charge in [-0.25, -0.2) is 9.07 Å². The van der Waals surface area contributed by atoms with Crippen molar-refractivity contribution in [1.82, 2.24) is 25.1 Å². The van der Waals surface area contributed by atoms with Gasteiger partial charge < -0.3 is 5.11 Å². The number of tetrazole rings is 1. The van der Waals surface area contributed by atoms with Gasteiger partial charge in [-0.2, -0.15) is 0 Å². The van der Waals surface area contributed by atoms with Crippen LogP contribution in [0.25, 0.3) is 0 Å². The van der Waals surface area contributed by atoms with E-state index >= 15 is 0 Å². The van der Waals surface area contributed by atoms with Crippen molar-refractivity contribution in [3.8, 4) is 0 Å². The van der Waals surface area contributed by atoms with E-state index in [1.807, 2.05) is 11.6 Å². The molecule has 1 aliphatic heterocycles. The second-order valence-corrected chi connectivity index (χ2v) is 7.09. The molecule has 2 unspecified atom stereocenters. The minimum Gasteiger partial charge on any atom is -0.385 e. The Morgan fingerprint density at radius 2 is 2.04 bits per heavy atom. The van der Waals surface area contributed by atoms with Gasteiger partial charge in [-0.05, 0) is 47.4 Å². The summed E-state index contributed by atoms with van der Waals surface area (Å²) in [6.45, 7) is 4.26. The van der Waals surface area contributed by atoms with Crippen molar-refractivity contribution in [1.29, 1.82) is 0 Å². The van der Waals surface area contributed by atoms with Gasteiger partial charge in [0.1, 0.15) is 5.82 Å². The third-order valence-corrected chi connectivity index (χ3v) is 5.32. The number of hydrogen-bond donors (Lipinski definition) is 1. The van der Waals surface area contributed by atoms with E-state index in [0.29, 0.717) is 19.0 Å². The predicted molar refractivity (Wildman–Crippen MR) is 85.4 cm³/mol. The van der Waals surface area contributed by atoms with Crippen LogP contribution in [-0.2, 0) is 12.1 Å². The number of piperidine rings is 1. The van der Waals surface area contributed by atoms with Gasteiger partial charge in [-0.15, -0.1) is 5.10 Å². The van der Waals surface area contributed by atoms with E-state index in [4.69, 9.17) is 0 Å². The van der Waals surface area contributed by atoms with E-state index in [-0.39, 0.29) is 11.7 Å². The molecule has 0 radical (unpaired) electrons. The number of hydrogen-bond acceptors (Lipinski definition) is 5. The molecule has 1 saturated carbocycles. The molecule has 6 nitrogen and oxygen atoms in total. The van der Waals surface area contributed by atoms with Crippen molar-refractivity contribution in [3.05, 3.63) is 41.5 Å². The van der Waals surface area contributed by atoms with E-state index in [9.17, 15) is 9.50 Å². The first-order chi connectivity index (χ1) is 11.6. The molecule has 2 fully saturated rings. The Morgan fingerprint density at radius 3 is 2.71 bits per heavy atom. The fraction of sp³-hybridized carbons (Fsp3) is 0.588. The average Bonchev–Trinajstić information content (AvgIpc) is 3.31. The molecular weight excluding hydrogens is 309 g/mol. The monoisotopic (exact) mass is 331 g/mol. The quantitative estimate of drug-likeness (QED) is 0.926. The fourth-order valence-corrected chi connectivity index (χ4v) is 3.63. The Morgan fingerprint density at radius 1 is 1.29 bits per heavy atom. The first-order valence-electron chi connectivity index (χ1n) is 8.54. The highest BCUT2D eigenvalue weighted by Crippen LogP contribution is 2.38. The van der Waals surface area contributed by atoms with Crippen LogP contribution in [0.1, 0.15) is 43.6 Å². The molecule has 2 atom stereocenters. The minimum absolute atomic E-state index is 0.0435. The molecule has 2 heterocycles. The standard InChI is InChI=1S/C17H22FN5O/c1-12-10-22(11-16-19-20-21-23(16)15-6-7-15)9-8-17(12,24)13-2-4-14(18)5-3-13/h2-5,12,15,24H,6-11H2,1H3. The summed E-state index contributed by atoms with van der Waals surface area (Å²) in [6.07, 6.45) is 2.92. The van der Waals surface area contributed by atoms with Crippen molar-refractivity contribution >= 4 is 0 Å². The van der Waals surface area contributed by atoms with Gasteiger partial charge in [0.15, 0.2) is 5.82 Å². The molecule has 2 aromatic rings. The van der Waals surface area contributed by atoms with Crippen LogP contribution in [0.4, 0.5) is 4.39 Å². The summed E-state index contributed by atoms with van der Waals surface area (Å²) in [6, 6.07) is 6.67. The summed E-state index contributed by atoms with van der Waals surface area (Å²) in [5, 5.41) is 23.2. The summed E-state index contributed by atoms with van der Waals surface area (Å²) in [5.41, 5.74) is -0.119. The van der Waals surface area contributed by atoms with Crippen molar-refractivity contribution in [2.24, 2.45) is 5.92 Å². The number of benzene rings is 1. The fourth-order valence-electron chi connectivity index (χ4n) is 3.63. The number of aliphatic hydroxyl groups is 1. The second-order valence-electron chi connectivity index (χ2n) is 7.09. The third-order valence-electron chi connectivity index (χ3n) is 5.32. The first-order valence-corrected chi connectivity index (χ1v) is 8.54. The highest BCUT2D eigenvalue weighted by molar-refractivity contribution is 5.24. The Bertz CT molecular complexity index is 714. The summed E-state index contributed by atoms with van der Waals surface area (Å²) in [7, 11) is 0. The lowest BCUT2D eigenvalue weighted by Crippen LogP contribution is -2.48. The van der Waals surface area contributed by atoms with Gasteiger partial charge >= 0.3 is 0 Å². The molecule has 2 aliphatic rings. The molecule has 0 bridgehead atoms. The minimum atomic E-state index is -0.910. The molecule has 0 spiro atoms. The summed E-state index contributed by atoms with van der Waals surface area (Å²) in [5.74, 6) is 0.665. The van der Waals surface area contributed by atoms with Gasteiger partial charge in [-0.1, -0.05) is 19.1 Å². The zero-order valence-corrected chi connectivity index (χ0v) is 13.8. The van der Waals surface area contributed by atoms with Crippen molar-refractivity contribution < 1.29 is 9.50 Å². The normalized spacial score (nSPS) is 28.2. The van der Waals surface area contributed by atoms with Crippen LogP contribution >= 0.6 is 0 Å². The molecule has 1 N–H and O–H groups in total. The van der Waals surface area contributed by atoms with E-state index in [2.05, 4.69) is 20.4 Å². The highest BCUT2D eigenvalue weighted by atomic mass is 19.1. The maximum Gasteiger partial charge on any atom is 0.165 e. The predicted octanol–water partition coefficient (Wildman–Crippen LogP) is 1.88. The second kappa shape index (κ2) is 5.89. The van der Waals surface area contributed by atoms with Crippen molar-refractivity contribution in [2.75, 3.05) is 13.1 Å². The molecule has 128 valence electrons. The van der Waals surface area contributed by atoms with E-state index in [1.165, 1.54) is 12.1 Å². The van der Waals surface area contributed by atoms with Crippen LogP contribution in [0, 0.1) is 11.7 Å². The number of aromatic nitrogens is 4. The van der Waals surface area contributed by atoms with Crippen LogP contribution in [0.2, 0.25) is 0 Å². The summed E-state index contributed by atoms with van der Waals surface area (Å²) >= 11 is 0. The summed E-state index contributed by atoms with van der Waals surface area (Å²) in [4.78, 5) is 2.28. The van der Waals surface area contributed by atoms with Gasteiger partial charge in [0.25, 0.3) is 0 Å². The van der Waals surface area contributed by atoms with Crippen LogP contribution in [0.3, 0.4) is 0 Å². The summed E-state index contributed by atoms with van der Waals surface area (Å²) < 4.78 is 15.1. The smallest absolute Gasteiger partial charge is 0.165 e. The van der Waals surface area contributed by atoms with E-state index in [1.54, 1.807) is 12.1 Å². The van der Waals surface area contributed by atoms with Crippen LogP contribution in [0.5, 0.6) is 0 Å². The Balaban J connectivity index is 1.46. The molecule has 0 amide bonds. The van der Waals surface area contributed by atoms with Crippen LogP contribution < -0.4 is 0 Å². The highest BCUT2D eigenvalue weighted by Gasteiger charge is 2.40. The lowest BCUT2D eigenvalue weighted by Gasteiger charge is -2.43. The van der Waals surface area contributed by atoms with Gasteiger partial charge in [-0.3, -0.25) is 4.90 Å². The number of rotatable bonds is 4. The maximum absolute atomic E-state index is 13.1. The third kappa shape index (κ3) is 2.82. The van der Waals surface area contributed by atoms with Crippen LogP contribution in [0.15, 0.2) is 24.3 Å². The zero-order chi connectivity index (χ0) is 16.7. The molecule has 1 aromatic carbocycles. The first kappa shape index (κ1) is 15.7. The zero-order valence-electron chi connectivity index (χ0n) is 13.8. The van der Waals surface area contributed by atoms with Gasteiger partial charge in [0.05, 0.1) is 18.2 Å². The Hall–Kier alpha value is -1.86. The molecule has 1 saturated heterocycles. The molecule has 1 aliphatic carbocycles. The Labute approximate surface area is 140 Å². The lowest BCUT2D eigenvalue weighted by molar-refractivity contribution is -0.0734. The topological polar surface area (TPSA) is 67.1 Å².